The van der Waals surface area contributed by atoms with Gasteiger partial charge in [-0.3, -0.25) is 0 Å². The minimum Gasteiger partial charge on any atom is -0.304 e. The van der Waals surface area contributed by atoms with Gasteiger partial charge in [0, 0.05) is 17.0 Å². The van der Waals surface area contributed by atoms with Crippen LogP contribution < -0.4 is 0 Å². The molecule has 0 aliphatic carbocycles. The molecule has 0 unspecified atom stereocenters. The number of thiazole rings is 1. The Morgan fingerprint density at radius 3 is 2.75 bits per heavy atom. The monoisotopic (exact) mass is 236 g/mol. The zero-order valence-electron chi connectivity index (χ0n) is 9.27. The smallest absolute Gasteiger partial charge is 0.132 e. The van der Waals surface area contributed by atoms with Crippen molar-refractivity contribution in [2.75, 3.05) is 14.1 Å². The highest BCUT2D eigenvalue weighted by atomic mass is 32.1. The number of nitrogens with zero attached hydrogens (tertiary/aromatic N) is 2. The number of hydrogen-bond acceptors (Lipinski definition) is 3. The third kappa shape index (κ3) is 2.28. The molecule has 0 atom stereocenters. The average Bonchev–Trinajstić information content (AvgIpc) is 2.66. The maximum atomic E-state index is 13.6. The third-order valence-corrected chi connectivity index (χ3v) is 3.05. The molecule has 1 aromatic heterocycles. The first-order valence-corrected chi connectivity index (χ1v) is 5.88. The van der Waals surface area contributed by atoms with Crippen molar-refractivity contribution in [3.05, 3.63) is 40.5 Å². The second kappa shape index (κ2) is 4.72. The molecule has 0 spiro atoms. The van der Waals surface area contributed by atoms with Gasteiger partial charge in [0.15, 0.2) is 0 Å². The molecule has 1 heterocycles. The van der Waals surface area contributed by atoms with Crippen LogP contribution in [0.3, 0.4) is 0 Å². The van der Waals surface area contributed by atoms with Crippen LogP contribution in [0.1, 0.15) is 4.88 Å². The lowest BCUT2D eigenvalue weighted by Gasteiger charge is -2.09. The Hall–Kier alpha value is -1.26. The zero-order valence-corrected chi connectivity index (χ0v) is 10.1. The quantitative estimate of drug-likeness (QED) is 0.814. The Kier molecular flexibility index (Phi) is 3.31. The summed E-state index contributed by atoms with van der Waals surface area (Å²) in [4.78, 5) is 7.40. The van der Waals surface area contributed by atoms with Crippen molar-refractivity contribution in [1.82, 2.24) is 9.88 Å². The average molecular weight is 236 g/mol. The molecule has 0 aliphatic heterocycles. The molecule has 0 amide bonds. The van der Waals surface area contributed by atoms with Gasteiger partial charge in [0.05, 0.1) is 11.2 Å². The molecule has 0 aliphatic rings. The summed E-state index contributed by atoms with van der Waals surface area (Å²) in [5.74, 6) is -0.214. The van der Waals surface area contributed by atoms with E-state index in [9.17, 15) is 4.39 Å². The van der Waals surface area contributed by atoms with E-state index in [-0.39, 0.29) is 5.82 Å². The van der Waals surface area contributed by atoms with E-state index in [1.54, 1.807) is 29.0 Å². The van der Waals surface area contributed by atoms with E-state index >= 15 is 0 Å². The number of hydrogen-bond donors (Lipinski definition) is 0. The molecule has 84 valence electrons. The Morgan fingerprint density at radius 1 is 1.31 bits per heavy atom. The predicted molar refractivity (Wildman–Crippen MR) is 64.9 cm³/mol. The van der Waals surface area contributed by atoms with Crippen molar-refractivity contribution in [1.29, 1.82) is 0 Å². The van der Waals surface area contributed by atoms with Crippen LogP contribution >= 0.6 is 11.3 Å². The van der Waals surface area contributed by atoms with E-state index in [4.69, 9.17) is 0 Å². The van der Waals surface area contributed by atoms with Crippen LogP contribution in [0.2, 0.25) is 0 Å². The van der Waals surface area contributed by atoms with E-state index in [0.717, 1.165) is 17.1 Å². The molecule has 0 saturated carbocycles. The molecule has 16 heavy (non-hydrogen) atoms. The Labute approximate surface area is 98.4 Å². The van der Waals surface area contributed by atoms with Gasteiger partial charge < -0.3 is 4.90 Å². The highest BCUT2D eigenvalue weighted by Gasteiger charge is 2.12. The van der Waals surface area contributed by atoms with Gasteiger partial charge >= 0.3 is 0 Å². The van der Waals surface area contributed by atoms with Crippen molar-refractivity contribution in [2.45, 2.75) is 6.54 Å². The van der Waals surface area contributed by atoms with Crippen LogP contribution in [-0.4, -0.2) is 24.0 Å². The van der Waals surface area contributed by atoms with Crippen LogP contribution in [0.15, 0.2) is 29.8 Å². The van der Waals surface area contributed by atoms with Crippen LogP contribution in [0.5, 0.6) is 0 Å². The van der Waals surface area contributed by atoms with Gasteiger partial charge in [0.2, 0.25) is 0 Å². The maximum absolute atomic E-state index is 13.6. The van der Waals surface area contributed by atoms with Gasteiger partial charge in [-0.15, -0.1) is 11.3 Å². The molecule has 0 radical (unpaired) electrons. The van der Waals surface area contributed by atoms with Crippen LogP contribution in [0, 0.1) is 5.82 Å². The van der Waals surface area contributed by atoms with Crippen molar-refractivity contribution in [2.24, 2.45) is 0 Å². The minimum atomic E-state index is -0.214. The first kappa shape index (κ1) is 11.2. The van der Waals surface area contributed by atoms with Gasteiger partial charge in [-0.1, -0.05) is 12.1 Å². The van der Waals surface area contributed by atoms with Gasteiger partial charge in [0.1, 0.15) is 5.82 Å². The molecule has 2 aromatic rings. The van der Waals surface area contributed by atoms with Crippen molar-refractivity contribution in [3.8, 4) is 11.3 Å². The van der Waals surface area contributed by atoms with E-state index in [1.807, 2.05) is 20.2 Å². The molecule has 1 aromatic carbocycles. The standard InChI is InChI=1S/C12H13FN2S/c1-15(2)7-11-12(14-8-16-11)9-5-3-4-6-10(9)13/h3-6,8H,7H2,1-2H3. The van der Waals surface area contributed by atoms with E-state index in [0.29, 0.717) is 5.56 Å². The summed E-state index contributed by atoms with van der Waals surface area (Å²) in [6, 6.07) is 6.76. The lowest BCUT2D eigenvalue weighted by Crippen LogP contribution is -2.10. The van der Waals surface area contributed by atoms with Crippen molar-refractivity contribution in [3.63, 3.8) is 0 Å². The molecule has 0 saturated heterocycles. The van der Waals surface area contributed by atoms with Crippen LogP contribution in [-0.2, 0) is 6.54 Å². The highest BCUT2D eigenvalue weighted by molar-refractivity contribution is 7.10. The summed E-state index contributed by atoms with van der Waals surface area (Å²) in [6.45, 7) is 0.786. The highest BCUT2D eigenvalue weighted by Crippen LogP contribution is 2.28. The van der Waals surface area contributed by atoms with Gasteiger partial charge in [-0.25, -0.2) is 9.37 Å². The number of aromatic nitrogens is 1. The Balaban J connectivity index is 2.41. The fourth-order valence-electron chi connectivity index (χ4n) is 1.54. The van der Waals surface area contributed by atoms with Gasteiger partial charge in [-0.2, -0.15) is 0 Å². The summed E-state index contributed by atoms with van der Waals surface area (Å²) in [5.41, 5.74) is 3.11. The summed E-state index contributed by atoms with van der Waals surface area (Å²) in [5, 5.41) is 0. The summed E-state index contributed by atoms with van der Waals surface area (Å²) in [6.07, 6.45) is 0. The Morgan fingerprint density at radius 2 is 2.06 bits per heavy atom. The minimum absolute atomic E-state index is 0.214. The molecule has 0 bridgehead atoms. The summed E-state index contributed by atoms with van der Waals surface area (Å²) in [7, 11) is 3.98. The number of rotatable bonds is 3. The van der Waals surface area contributed by atoms with E-state index in [1.165, 1.54) is 6.07 Å². The Bertz CT molecular complexity index is 479. The second-order valence-corrected chi connectivity index (χ2v) is 4.78. The van der Waals surface area contributed by atoms with Crippen LogP contribution in [0.25, 0.3) is 11.3 Å². The molecule has 2 nitrogen and oxygen atoms in total. The van der Waals surface area contributed by atoms with Gasteiger partial charge in [0.25, 0.3) is 0 Å². The lowest BCUT2D eigenvalue weighted by atomic mass is 10.1. The van der Waals surface area contributed by atoms with Gasteiger partial charge in [-0.05, 0) is 26.2 Å². The first-order valence-electron chi connectivity index (χ1n) is 5.00. The molecular formula is C12H13FN2S. The molecule has 4 heteroatoms. The lowest BCUT2D eigenvalue weighted by molar-refractivity contribution is 0.406. The molecule has 0 fully saturated rings. The fourth-order valence-corrected chi connectivity index (χ4v) is 2.44. The maximum Gasteiger partial charge on any atom is 0.132 e. The third-order valence-electron chi connectivity index (χ3n) is 2.23. The van der Waals surface area contributed by atoms with Crippen molar-refractivity contribution >= 4 is 11.3 Å². The fraction of sp³-hybridized carbons (Fsp3) is 0.250. The first-order chi connectivity index (χ1) is 7.68. The van der Waals surface area contributed by atoms with E-state index in [2.05, 4.69) is 9.88 Å². The topological polar surface area (TPSA) is 16.1 Å². The molecule has 2 rings (SSSR count). The number of benzene rings is 1. The molecule has 0 N–H and O–H groups in total. The summed E-state index contributed by atoms with van der Waals surface area (Å²) < 4.78 is 13.6. The van der Waals surface area contributed by atoms with E-state index < -0.39 is 0 Å². The largest absolute Gasteiger partial charge is 0.304 e. The predicted octanol–water partition coefficient (Wildman–Crippen LogP) is 3.01. The summed E-state index contributed by atoms with van der Waals surface area (Å²) >= 11 is 1.56. The number of halogens is 1. The second-order valence-electron chi connectivity index (χ2n) is 3.84. The van der Waals surface area contributed by atoms with Crippen LogP contribution in [0.4, 0.5) is 4.39 Å². The zero-order chi connectivity index (χ0) is 11.5. The normalized spacial score (nSPS) is 11.0. The SMILES string of the molecule is CN(C)Cc1scnc1-c1ccccc1F. The van der Waals surface area contributed by atoms with Crippen molar-refractivity contribution < 1.29 is 4.39 Å². The molecular weight excluding hydrogens is 223 g/mol.